The fourth-order valence-electron chi connectivity index (χ4n) is 10.4. The summed E-state index contributed by atoms with van der Waals surface area (Å²) in [6.45, 7) is 9.97. The molecule has 0 amide bonds. The smallest absolute Gasteiger partial charge is 0.306 e. The van der Waals surface area contributed by atoms with Gasteiger partial charge in [0.1, 0.15) is 12.7 Å². The lowest BCUT2D eigenvalue weighted by Crippen LogP contribution is -2.60. The van der Waals surface area contributed by atoms with Crippen molar-refractivity contribution in [3.8, 4) is 0 Å². The Morgan fingerprint density at radius 3 is 2.42 bits per heavy atom. The average Bonchev–Trinajstić information content (AvgIpc) is 3.34. The maximum atomic E-state index is 12.6. The largest absolute Gasteiger partial charge is 0.481 e. The predicted octanol–water partition coefficient (Wildman–Crippen LogP) is 6.80. The van der Waals surface area contributed by atoms with E-state index in [1.54, 1.807) is 0 Å². The van der Waals surface area contributed by atoms with E-state index in [-0.39, 0.29) is 47.8 Å². The summed E-state index contributed by atoms with van der Waals surface area (Å²) >= 11 is 0. The van der Waals surface area contributed by atoms with Crippen LogP contribution in [0.4, 0.5) is 0 Å². The molecule has 0 spiro atoms. The summed E-state index contributed by atoms with van der Waals surface area (Å²) in [5.74, 6) is 1.40. The number of carbonyl (C=O) groups excluding carboxylic acids is 2. The predicted molar refractivity (Wildman–Crippen MR) is 163 cm³/mol. The first kappa shape index (κ1) is 32.0. The molecule has 0 aromatic heterocycles. The van der Waals surface area contributed by atoms with E-state index in [1.807, 2.05) is 30.3 Å². The Bertz CT molecular complexity index is 1150. The third-order valence-electron chi connectivity index (χ3n) is 12.9. The van der Waals surface area contributed by atoms with Gasteiger partial charge in [-0.3, -0.25) is 14.4 Å². The second-order valence-corrected chi connectivity index (χ2v) is 14.9. The molecule has 11 atom stereocenters. The van der Waals surface area contributed by atoms with Gasteiger partial charge in [0.05, 0.1) is 18.9 Å². The van der Waals surface area contributed by atoms with Gasteiger partial charge in [0.2, 0.25) is 0 Å². The minimum atomic E-state index is -0.988. The van der Waals surface area contributed by atoms with Gasteiger partial charge in [-0.1, -0.05) is 58.0 Å². The molecule has 0 saturated heterocycles. The second-order valence-electron chi connectivity index (χ2n) is 14.9. The van der Waals surface area contributed by atoms with Gasteiger partial charge < -0.3 is 19.7 Å². The number of fused-ring (bicyclic) bond motifs is 5. The zero-order chi connectivity index (χ0) is 30.9. The van der Waals surface area contributed by atoms with Crippen molar-refractivity contribution in [2.24, 2.45) is 52.3 Å². The summed E-state index contributed by atoms with van der Waals surface area (Å²) in [6.07, 6.45) is 7.10. The van der Waals surface area contributed by atoms with Crippen LogP contribution in [-0.2, 0) is 30.5 Å². The average molecular weight is 597 g/mol. The molecule has 1 aromatic rings. The molecule has 5 rings (SSSR count). The molecule has 0 radical (unpaired) electrons. The first-order chi connectivity index (χ1) is 20.4. The molecule has 43 heavy (non-hydrogen) atoms. The number of esters is 2. The van der Waals surface area contributed by atoms with Crippen molar-refractivity contribution in [3.05, 3.63) is 35.9 Å². The highest BCUT2D eigenvalue weighted by Gasteiger charge is 2.65. The Hall–Kier alpha value is -2.41. The van der Waals surface area contributed by atoms with E-state index < -0.39 is 11.9 Å². The van der Waals surface area contributed by atoms with Crippen LogP contribution in [-0.4, -0.2) is 40.3 Å². The molecule has 4 saturated carbocycles. The Kier molecular flexibility index (Phi) is 9.60. The molecule has 5 unspecified atom stereocenters. The standard InChI is InChI=1S/C36H52O7/c1-22(10-14-32(40)42-21-24-8-6-5-7-9-24)27-11-12-28-34-29(18-23(2)36(27,28)4)35(3)17-16-26(19-25(35)20-30(34)37)43-33(41)15-13-31(38)39/h5-9,22-23,25-30,34,37H,10-21H2,1-4H3,(H,38,39)/t22-,23+,25?,26-,27?,28?,29?,30-,34?,35+,36-/m1/s1. The van der Waals surface area contributed by atoms with Gasteiger partial charge in [0, 0.05) is 6.42 Å². The van der Waals surface area contributed by atoms with Gasteiger partial charge in [0.15, 0.2) is 0 Å². The molecule has 4 aliphatic carbocycles. The van der Waals surface area contributed by atoms with Gasteiger partial charge in [-0.05, 0) is 109 Å². The van der Waals surface area contributed by atoms with Gasteiger partial charge in [0.25, 0.3) is 0 Å². The Morgan fingerprint density at radius 2 is 1.70 bits per heavy atom. The molecule has 4 aliphatic rings. The number of rotatable bonds is 10. The van der Waals surface area contributed by atoms with Crippen LogP contribution in [0.3, 0.4) is 0 Å². The topological polar surface area (TPSA) is 110 Å². The number of ether oxygens (including phenoxy) is 2. The highest BCUT2D eigenvalue weighted by molar-refractivity contribution is 5.76. The fraction of sp³-hybridized carbons (Fsp3) is 0.750. The number of aliphatic hydroxyl groups excluding tert-OH is 1. The van der Waals surface area contributed by atoms with E-state index >= 15 is 0 Å². The first-order valence-electron chi connectivity index (χ1n) is 16.7. The molecule has 7 heteroatoms. The summed E-state index contributed by atoms with van der Waals surface area (Å²) in [7, 11) is 0. The van der Waals surface area contributed by atoms with Crippen molar-refractivity contribution < 1.29 is 34.1 Å². The summed E-state index contributed by atoms with van der Waals surface area (Å²) in [5.41, 5.74) is 1.25. The number of benzene rings is 1. The fourth-order valence-corrected chi connectivity index (χ4v) is 10.4. The van der Waals surface area contributed by atoms with E-state index in [1.165, 1.54) is 0 Å². The van der Waals surface area contributed by atoms with Crippen LogP contribution in [0.15, 0.2) is 30.3 Å². The van der Waals surface area contributed by atoms with Crippen LogP contribution in [0.1, 0.15) is 104 Å². The molecule has 1 aromatic carbocycles. The minimum absolute atomic E-state index is 0.0899. The van der Waals surface area contributed by atoms with E-state index in [4.69, 9.17) is 14.6 Å². The lowest BCUT2D eigenvalue weighted by molar-refractivity contribution is -0.194. The summed E-state index contributed by atoms with van der Waals surface area (Å²) in [6, 6.07) is 9.82. The third kappa shape index (κ3) is 6.39. The van der Waals surface area contributed by atoms with Gasteiger partial charge in [-0.15, -0.1) is 0 Å². The van der Waals surface area contributed by atoms with Gasteiger partial charge in [-0.25, -0.2) is 0 Å². The third-order valence-corrected chi connectivity index (χ3v) is 12.9. The Balaban J connectivity index is 1.21. The Labute approximate surface area is 257 Å². The van der Waals surface area contributed by atoms with Crippen molar-refractivity contribution in [1.82, 2.24) is 0 Å². The molecule has 0 aliphatic heterocycles. The number of aliphatic hydroxyl groups is 1. The minimum Gasteiger partial charge on any atom is -0.481 e. The highest BCUT2D eigenvalue weighted by atomic mass is 16.5. The number of carboxylic acid groups (broad SMARTS) is 1. The quantitative estimate of drug-likeness (QED) is 0.286. The summed E-state index contributed by atoms with van der Waals surface area (Å²) < 4.78 is 11.3. The van der Waals surface area contributed by atoms with Crippen LogP contribution in [0.25, 0.3) is 0 Å². The lowest BCUT2D eigenvalue weighted by atomic mass is 9.41. The molecule has 238 valence electrons. The molecule has 7 nitrogen and oxygen atoms in total. The number of hydrogen-bond donors (Lipinski definition) is 2. The molecular formula is C36H52O7. The summed E-state index contributed by atoms with van der Waals surface area (Å²) in [4.78, 5) is 35.7. The van der Waals surface area contributed by atoms with E-state index in [0.29, 0.717) is 48.5 Å². The van der Waals surface area contributed by atoms with Crippen LogP contribution in [0.5, 0.6) is 0 Å². The van der Waals surface area contributed by atoms with Crippen LogP contribution in [0.2, 0.25) is 0 Å². The molecule has 0 bridgehead atoms. The lowest BCUT2D eigenvalue weighted by Gasteiger charge is -2.64. The van der Waals surface area contributed by atoms with E-state index in [0.717, 1.165) is 56.9 Å². The maximum Gasteiger partial charge on any atom is 0.306 e. The van der Waals surface area contributed by atoms with Crippen LogP contribution >= 0.6 is 0 Å². The highest BCUT2D eigenvalue weighted by Crippen LogP contribution is 2.70. The monoisotopic (exact) mass is 596 g/mol. The zero-order valence-electron chi connectivity index (χ0n) is 26.5. The SMILES string of the molecule is C[C@H](CCC(=O)OCc1ccccc1)C1CCC2C3C(C[C@H](C)[C@@]21C)[C@@]1(C)CC[C@@H](OC(=O)CCC(=O)O)CC1C[C@H]3O. The molecule has 4 fully saturated rings. The van der Waals surface area contributed by atoms with Gasteiger partial charge >= 0.3 is 17.9 Å². The van der Waals surface area contributed by atoms with Crippen molar-refractivity contribution in [2.75, 3.05) is 0 Å². The van der Waals surface area contributed by atoms with Crippen molar-refractivity contribution in [3.63, 3.8) is 0 Å². The van der Waals surface area contributed by atoms with E-state index in [2.05, 4.69) is 27.7 Å². The van der Waals surface area contributed by atoms with Crippen molar-refractivity contribution >= 4 is 17.9 Å². The van der Waals surface area contributed by atoms with Crippen LogP contribution in [0, 0.1) is 52.3 Å². The number of hydrogen-bond acceptors (Lipinski definition) is 6. The second kappa shape index (κ2) is 12.9. The van der Waals surface area contributed by atoms with Gasteiger partial charge in [-0.2, -0.15) is 0 Å². The first-order valence-corrected chi connectivity index (χ1v) is 16.7. The zero-order valence-corrected chi connectivity index (χ0v) is 26.5. The number of carbonyl (C=O) groups is 3. The summed E-state index contributed by atoms with van der Waals surface area (Å²) in [5, 5.41) is 20.6. The molecule has 2 N–H and O–H groups in total. The Morgan fingerprint density at radius 1 is 0.953 bits per heavy atom. The maximum absolute atomic E-state index is 12.6. The molecular weight excluding hydrogens is 544 g/mol. The number of aliphatic carboxylic acids is 1. The molecule has 0 heterocycles. The van der Waals surface area contributed by atoms with E-state index in [9.17, 15) is 19.5 Å². The van der Waals surface area contributed by atoms with Crippen molar-refractivity contribution in [2.45, 2.75) is 117 Å². The van der Waals surface area contributed by atoms with Crippen LogP contribution < -0.4 is 0 Å². The normalized spacial score (nSPS) is 39.1. The number of carboxylic acids is 1. The van der Waals surface area contributed by atoms with Crippen molar-refractivity contribution in [1.29, 1.82) is 0 Å².